The van der Waals surface area contributed by atoms with Crippen molar-refractivity contribution >= 4 is 0 Å². The summed E-state index contributed by atoms with van der Waals surface area (Å²) in [6, 6.07) is 4.10. The molecule has 2 aliphatic rings. The zero-order valence-electron chi connectivity index (χ0n) is 12.4. The molecule has 0 bridgehead atoms. The van der Waals surface area contributed by atoms with Gasteiger partial charge in [-0.2, -0.15) is 4.98 Å². The van der Waals surface area contributed by atoms with Crippen LogP contribution in [0.4, 0.5) is 0 Å². The van der Waals surface area contributed by atoms with Crippen molar-refractivity contribution in [3.05, 3.63) is 42.9 Å². The summed E-state index contributed by atoms with van der Waals surface area (Å²) >= 11 is 0. The molecule has 3 aromatic heterocycles. The summed E-state index contributed by atoms with van der Waals surface area (Å²) in [5, 5.41) is 4.15. The van der Waals surface area contributed by atoms with Crippen LogP contribution in [-0.2, 0) is 0 Å². The van der Waals surface area contributed by atoms with Gasteiger partial charge in [0.2, 0.25) is 11.7 Å². The minimum Gasteiger partial charge on any atom is -0.339 e. The van der Waals surface area contributed by atoms with Crippen LogP contribution in [0.2, 0.25) is 0 Å². The van der Waals surface area contributed by atoms with E-state index >= 15 is 0 Å². The zero-order valence-corrected chi connectivity index (χ0v) is 12.4. The monoisotopic (exact) mass is 308 g/mol. The zero-order chi connectivity index (χ0) is 15.4. The van der Waals surface area contributed by atoms with E-state index in [-0.39, 0.29) is 6.04 Å². The number of nitrogens with zero attached hydrogens (tertiary/aromatic N) is 5. The Morgan fingerprint density at radius 2 is 2.17 bits per heavy atom. The third-order valence-corrected chi connectivity index (χ3v) is 5.02. The number of nitrogens with two attached hydrogens (primary N) is 1. The Hall–Kier alpha value is -2.54. The van der Waals surface area contributed by atoms with Gasteiger partial charge in [-0.05, 0) is 36.8 Å². The molecule has 2 N–H and O–H groups in total. The first kappa shape index (κ1) is 13.0. The lowest BCUT2D eigenvalue weighted by Gasteiger charge is -2.07. The maximum absolute atomic E-state index is 6.13. The molecule has 0 aromatic carbocycles. The maximum atomic E-state index is 6.13. The second-order valence-corrected chi connectivity index (χ2v) is 6.40. The lowest BCUT2D eigenvalue weighted by atomic mass is 10.0. The molecular weight excluding hydrogens is 292 g/mol. The highest BCUT2D eigenvalue weighted by Crippen LogP contribution is 2.58. The first-order valence-corrected chi connectivity index (χ1v) is 7.83. The van der Waals surface area contributed by atoms with E-state index in [0.29, 0.717) is 23.6 Å². The van der Waals surface area contributed by atoms with Gasteiger partial charge in [-0.25, -0.2) is 9.97 Å². The summed E-state index contributed by atoms with van der Waals surface area (Å²) in [6.07, 6.45) is 9.16. The minimum absolute atomic E-state index is 0.286. The van der Waals surface area contributed by atoms with Crippen molar-refractivity contribution in [2.75, 3.05) is 0 Å². The molecule has 0 aliphatic heterocycles. The van der Waals surface area contributed by atoms with Crippen molar-refractivity contribution in [3.8, 4) is 17.2 Å². The highest BCUT2D eigenvalue weighted by Gasteiger charge is 2.55. The van der Waals surface area contributed by atoms with Gasteiger partial charge in [0, 0.05) is 36.1 Å². The van der Waals surface area contributed by atoms with E-state index in [0.717, 1.165) is 23.7 Å². The molecular formula is C16H16N6O. The smallest absolute Gasteiger partial charge is 0.230 e. The molecule has 2 aliphatic carbocycles. The van der Waals surface area contributed by atoms with E-state index in [2.05, 4.69) is 20.1 Å². The SMILES string of the molecule is N[C@@H]1C[C@H](c2nc(-c3ccnc(-n4ccnc4)c3)no2)[C@H]2C[C@H]21. The largest absolute Gasteiger partial charge is 0.339 e. The molecule has 0 radical (unpaired) electrons. The molecule has 3 heterocycles. The highest BCUT2D eigenvalue weighted by atomic mass is 16.5. The van der Waals surface area contributed by atoms with Crippen molar-refractivity contribution in [2.45, 2.75) is 24.8 Å². The second-order valence-electron chi connectivity index (χ2n) is 6.40. The topological polar surface area (TPSA) is 95.7 Å². The number of pyridine rings is 1. The standard InChI is InChI=1S/C16H16N6O/c17-13-7-12(10-6-11(10)13)16-20-15(21-23-16)9-1-2-19-14(5-9)22-4-3-18-8-22/h1-5,8,10-13H,6-7,17H2/t10-,11+,12-,13+/m0/s1. The first-order chi connectivity index (χ1) is 11.3. The van der Waals surface area contributed by atoms with Crippen LogP contribution in [0.25, 0.3) is 17.2 Å². The Morgan fingerprint density at radius 3 is 2.91 bits per heavy atom. The van der Waals surface area contributed by atoms with Crippen molar-refractivity contribution in [1.82, 2.24) is 24.7 Å². The van der Waals surface area contributed by atoms with Gasteiger partial charge in [-0.1, -0.05) is 5.16 Å². The molecule has 2 fully saturated rings. The van der Waals surface area contributed by atoms with Gasteiger partial charge in [0.25, 0.3) is 0 Å². The van der Waals surface area contributed by atoms with Gasteiger partial charge < -0.3 is 10.3 Å². The first-order valence-electron chi connectivity index (χ1n) is 7.83. The van der Waals surface area contributed by atoms with E-state index in [1.807, 2.05) is 22.9 Å². The van der Waals surface area contributed by atoms with Crippen molar-refractivity contribution in [3.63, 3.8) is 0 Å². The summed E-state index contributed by atoms with van der Waals surface area (Å²) < 4.78 is 7.37. The normalized spacial score (nSPS) is 28.7. The number of fused-ring (bicyclic) bond motifs is 1. The molecule has 7 nitrogen and oxygen atoms in total. The van der Waals surface area contributed by atoms with Crippen molar-refractivity contribution < 1.29 is 4.52 Å². The van der Waals surface area contributed by atoms with Crippen LogP contribution in [0.5, 0.6) is 0 Å². The van der Waals surface area contributed by atoms with Crippen LogP contribution in [0.1, 0.15) is 24.7 Å². The molecule has 0 spiro atoms. The van der Waals surface area contributed by atoms with Gasteiger partial charge in [0.15, 0.2) is 0 Å². The molecule has 5 rings (SSSR count). The van der Waals surface area contributed by atoms with Gasteiger partial charge in [0.1, 0.15) is 12.1 Å². The number of rotatable bonds is 3. The Morgan fingerprint density at radius 1 is 1.22 bits per heavy atom. The molecule has 7 heteroatoms. The van der Waals surface area contributed by atoms with E-state index in [4.69, 9.17) is 10.3 Å². The van der Waals surface area contributed by atoms with Gasteiger partial charge in [0.05, 0.1) is 0 Å². The maximum Gasteiger partial charge on any atom is 0.230 e. The fourth-order valence-corrected chi connectivity index (χ4v) is 3.71. The quantitative estimate of drug-likeness (QED) is 0.792. The summed E-state index contributed by atoms with van der Waals surface area (Å²) in [7, 11) is 0. The Kier molecular flexibility index (Phi) is 2.66. The lowest BCUT2D eigenvalue weighted by Crippen LogP contribution is -2.19. The average molecular weight is 308 g/mol. The summed E-state index contributed by atoms with van der Waals surface area (Å²) in [4.78, 5) is 13.0. The van der Waals surface area contributed by atoms with E-state index < -0.39 is 0 Å². The molecule has 0 amide bonds. The number of imidazole rings is 1. The van der Waals surface area contributed by atoms with Crippen LogP contribution < -0.4 is 5.73 Å². The molecule has 0 unspecified atom stereocenters. The Bertz CT molecular complexity index is 842. The van der Waals surface area contributed by atoms with Crippen molar-refractivity contribution in [1.29, 1.82) is 0 Å². The predicted octanol–water partition coefficient (Wildman–Crippen LogP) is 1.77. The predicted molar refractivity (Wildman–Crippen MR) is 81.6 cm³/mol. The fraction of sp³-hybridized carbons (Fsp3) is 0.375. The molecule has 0 saturated heterocycles. The lowest BCUT2D eigenvalue weighted by molar-refractivity contribution is 0.341. The van der Waals surface area contributed by atoms with E-state index in [1.165, 1.54) is 6.42 Å². The highest BCUT2D eigenvalue weighted by molar-refractivity contribution is 5.56. The summed E-state index contributed by atoms with van der Waals surface area (Å²) in [5.74, 6) is 3.71. The van der Waals surface area contributed by atoms with E-state index in [1.54, 1.807) is 18.7 Å². The Balaban J connectivity index is 1.46. The molecule has 3 aromatic rings. The van der Waals surface area contributed by atoms with Crippen LogP contribution >= 0.6 is 0 Å². The number of hydrogen-bond donors (Lipinski definition) is 1. The second kappa shape index (κ2) is 4.73. The third kappa shape index (κ3) is 2.08. The van der Waals surface area contributed by atoms with Crippen LogP contribution in [-0.4, -0.2) is 30.7 Å². The number of hydrogen-bond acceptors (Lipinski definition) is 6. The molecule has 23 heavy (non-hydrogen) atoms. The van der Waals surface area contributed by atoms with Crippen LogP contribution in [0.3, 0.4) is 0 Å². The summed E-state index contributed by atoms with van der Waals surface area (Å²) in [5.41, 5.74) is 7.02. The minimum atomic E-state index is 0.286. The van der Waals surface area contributed by atoms with Crippen LogP contribution in [0.15, 0.2) is 41.6 Å². The third-order valence-electron chi connectivity index (χ3n) is 5.02. The van der Waals surface area contributed by atoms with Gasteiger partial charge >= 0.3 is 0 Å². The Labute approximate surface area is 132 Å². The van der Waals surface area contributed by atoms with Gasteiger partial charge in [-0.3, -0.25) is 4.57 Å². The van der Waals surface area contributed by atoms with Gasteiger partial charge in [-0.15, -0.1) is 0 Å². The average Bonchev–Trinajstić information content (AvgIpc) is 2.98. The van der Waals surface area contributed by atoms with Crippen LogP contribution in [0, 0.1) is 11.8 Å². The molecule has 2 saturated carbocycles. The van der Waals surface area contributed by atoms with Crippen molar-refractivity contribution in [2.24, 2.45) is 17.6 Å². The summed E-state index contributed by atoms with van der Waals surface area (Å²) in [6.45, 7) is 0. The molecule has 4 atom stereocenters. The fourth-order valence-electron chi connectivity index (χ4n) is 3.71. The number of aromatic nitrogens is 5. The molecule has 116 valence electrons. The van der Waals surface area contributed by atoms with E-state index in [9.17, 15) is 0 Å².